The molecule has 0 aliphatic rings. The van der Waals surface area contributed by atoms with E-state index in [1.165, 1.54) is 27.8 Å². The Bertz CT molecular complexity index is 709. The number of rotatable bonds is 6. The van der Waals surface area contributed by atoms with Gasteiger partial charge in [-0.1, -0.05) is 13.0 Å². The first kappa shape index (κ1) is 15.6. The molecule has 8 heteroatoms. The molecule has 2 heterocycles. The van der Waals surface area contributed by atoms with Crippen molar-refractivity contribution in [2.45, 2.75) is 18.5 Å². The Balaban J connectivity index is 2.28. The van der Waals surface area contributed by atoms with Gasteiger partial charge in [0.25, 0.3) is 10.0 Å². The second-order valence-electron chi connectivity index (χ2n) is 4.20. The van der Waals surface area contributed by atoms with Crippen molar-refractivity contribution < 1.29 is 18.3 Å². The van der Waals surface area contributed by atoms with Gasteiger partial charge in [-0.3, -0.25) is 0 Å². The topological polar surface area (TPSA) is 87.6 Å². The minimum Gasteiger partial charge on any atom is -0.478 e. The molecule has 0 bridgehead atoms. The molecule has 1 N–H and O–H groups in total. The van der Waals surface area contributed by atoms with E-state index >= 15 is 0 Å². The Morgan fingerprint density at radius 3 is 2.62 bits per heavy atom. The van der Waals surface area contributed by atoms with Gasteiger partial charge in [0.15, 0.2) is 5.03 Å². The van der Waals surface area contributed by atoms with Crippen LogP contribution in [0.1, 0.15) is 22.2 Å². The van der Waals surface area contributed by atoms with Crippen LogP contribution in [0.15, 0.2) is 40.9 Å². The number of aromatic carboxylic acids is 1. The Hall–Kier alpha value is -1.77. The van der Waals surface area contributed by atoms with Gasteiger partial charge in [-0.25, -0.2) is 18.2 Å². The Morgan fingerprint density at radius 1 is 1.38 bits per heavy atom. The molecule has 0 atom stereocenters. The van der Waals surface area contributed by atoms with E-state index in [9.17, 15) is 13.2 Å². The highest BCUT2D eigenvalue weighted by Crippen LogP contribution is 2.19. The monoisotopic (exact) mass is 326 g/mol. The molecule has 2 aromatic rings. The molecule has 2 rings (SSSR count). The van der Waals surface area contributed by atoms with Crippen LogP contribution in [0, 0.1) is 0 Å². The molecule has 0 aliphatic carbocycles. The minimum absolute atomic E-state index is 0.0461. The smallest absolute Gasteiger partial charge is 0.337 e. The number of hydrogen-bond donors (Lipinski definition) is 1. The van der Waals surface area contributed by atoms with Crippen molar-refractivity contribution in [3.05, 3.63) is 46.3 Å². The summed E-state index contributed by atoms with van der Waals surface area (Å²) in [6, 6.07) is 6.18. The summed E-state index contributed by atoms with van der Waals surface area (Å²) in [6.07, 6.45) is 1.05. The van der Waals surface area contributed by atoms with Crippen LogP contribution in [0.3, 0.4) is 0 Å². The van der Waals surface area contributed by atoms with Crippen molar-refractivity contribution in [3.63, 3.8) is 0 Å². The number of carbonyl (C=O) groups is 1. The van der Waals surface area contributed by atoms with E-state index in [0.29, 0.717) is 6.54 Å². The van der Waals surface area contributed by atoms with Gasteiger partial charge >= 0.3 is 5.97 Å². The zero-order chi connectivity index (χ0) is 15.5. The minimum atomic E-state index is -3.73. The van der Waals surface area contributed by atoms with Gasteiger partial charge in [-0.05, 0) is 23.6 Å². The first-order valence-corrected chi connectivity index (χ1v) is 8.49. The normalized spacial score (nSPS) is 11.7. The maximum absolute atomic E-state index is 12.5. The molecular formula is C13H14N2O4S2. The predicted octanol–water partition coefficient (Wildman–Crippen LogP) is 2.05. The van der Waals surface area contributed by atoms with Crippen molar-refractivity contribution in [2.75, 3.05) is 6.54 Å². The fourth-order valence-corrected chi connectivity index (χ4v) is 3.88. The van der Waals surface area contributed by atoms with E-state index in [4.69, 9.17) is 5.11 Å². The maximum Gasteiger partial charge on any atom is 0.337 e. The molecule has 0 radical (unpaired) electrons. The van der Waals surface area contributed by atoms with Crippen molar-refractivity contribution in [1.29, 1.82) is 0 Å². The number of carboxylic acids is 1. The molecule has 112 valence electrons. The molecule has 0 unspecified atom stereocenters. The van der Waals surface area contributed by atoms with Gasteiger partial charge in [0.1, 0.15) is 0 Å². The summed E-state index contributed by atoms with van der Waals surface area (Å²) in [5.41, 5.74) is -0.0461. The third kappa shape index (κ3) is 3.46. The molecule has 2 aromatic heterocycles. The first-order valence-electron chi connectivity index (χ1n) is 6.17. The van der Waals surface area contributed by atoms with E-state index in [2.05, 4.69) is 4.98 Å². The van der Waals surface area contributed by atoms with Crippen LogP contribution in [0.5, 0.6) is 0 Å². The second-order valence-corrected chi connectivity index (χ2v) is 7.12. The molecule has 6 nitrogen and oxygen atoms in total. The van der Waals surface area contributed by atoms with E-state index in [-0.39, 0.29) is 17.1 Å². The average Bonchev–Trinajstić information content (AvgIpc) is 2.97. The van der Waals surface area contributed by atoms with Gasteiger partial charge in [0.05, 0.1) is 5.56 Å². The Labute approximate surface area is 126 Å². The van der Waals surface area contributed by atoms with Gasteiger partial charge in [-0.15, -0.1) is 11.3 Å². The van der Waals surface area contributed by atoms with Crippen LogP contribution >= 0.6 is 11.3 Å². The standard InChI is InChI=1S/C13H14N2O4S2/c1-2-15(9-11-4-3-7-20-11)21(18,19)12-6-5-10(8-14-12)13(16)17/h3-8H,2,9H2,1H3,(H,16,17). The number of pyridine rings is 1. The third-order valence-corrected chi connectivity index (χ3v) is 5.55. The Morgan fingerprint density at radius 2 is 2.14 bits per heavy atom. The zero-order valence-electron chi connectivity index (χ0n) is 11.3. The second kappa shape index (κ2) is 6.33. The van der Waals surface area contributed by atoms with Crippen molar-refractivity contribution in [2.24, 2.45) is 0 Å². The lowest BCUT2D eigenvalue weighted by Crippen LogP contribution is -2.30. The number of thiophene rings is 1. The lowest BCUT2D eigenvalue weighted by atomic mass is 10.3. The molecule has 0 saturated heterocycles. The predicted molar refractivity (Wildman–Crippen MR) is 78.8 cm³/mol. The molecule has 0 saturated carbocycles. The largest absolute Gasteiger partial charge is 0.478 e. The molecule has 0 aromatic carbocycles. The van der Waals surface area contributed by atoms with Crippen molar-refractivity contribution in [3.8, 4) is 0 Å². The van der Waals surface area contributed by atoms with Crippen molar-refractivity contribution in [1.82, 2.24) is 9.29 Å². The van der Waals surface area contributed by atoms with E-state index < -0.39 is 16.0 Å². The fourth-order valence-electron chi connectivity index (χ4n) is 1.73. The molecule has 0 aliphatic heterocycles. The lowest BCUT2D eigenvalue weighted by Gasteiger charge is -2.19. The van der Waals surface area contributed by atoms with Gasteiger partial charge < -0.3 is 5.11 Å². The lowest BCUT2D eigenvalue weighted by molar-refractivity contribution is 0.0696. The molecular weight excluding hydrogens is 312 g/mol. The summed E-state index contributed by atoms with van der Waals surface area (Å²) in [6.45, 7) is 2.33. The summed E-state index contributed by atoms with van der Waals surface area (Å²) in [5.74, 6) is -1.14. The molecule has 21 heavy (non-hydrogen) atoms. The SMILES string of the molecule is CCN(Cc1cccs1)S(=O)(=O)c1ccc(C(=O)O)cn1. The molecule has 0 fully saturated rings. The summed E-state index contributed by atoms with van der Waals surface area (Å²) in [4.78, 5) is 15.5. The number of sulfonamides is 1. The zero-order valence-corrected chi connectivity index (χ0v) is 12.9. The highest BCUT2D eigenvalue weighted by atomic mass is 32.2. The Kier molecular flexibility index (Phi) is 4.71. The quantitative estimate of drug-likeness (QED) is 0.878. The highest BCUT2D eigenvalue weighted by molar-refractivity contribution is 7.89. The first-order chi connectivity index (χ1) is 9.95. The fraction of sp³-hybridized carbons (Fsp3) is 0.231. The van der Waals surface area contributed by atoms with Gasteiger partial charge in [0, 0.05) is 24.2 Å². The van der Waals surface area contributed by atoms with Gasteiger partial charge in [-0.2, -0.15) is 4.31 Å². The van der Waals surface area contributed by atoms with E-state index in [1.807, 2.05) is 17.5 Å². The average molecular weight is 326 g/mol. The molecule has 0 amide bonds. The van der Waals surface area contributed by atoms with Gasteiger partial charge in [0.2, 0.25) is 0 Å². The summed E-state index contributed by atoms with van der Waals surface area (Å²) in [5, 5.41) is 10.5. The summed E-state index contributed by atoms with van der Waals surface area (Å²) < 4.78 is 26.3. The van der Waals surface area contributed by atoms with Crippen LogP contribution in [-0.4, -0.2) is 35.3 Å². The van der Waals surface area contributed by atoms with Crippen LogP contribution < -0.4 is 0 Å². The number of hydrogen-bond acceptors (Lipinski definition) is 5. The van der Waals surface area contributed by atoms with Crippen LogP contribution in [0.25, 0.3) is 0 Å². The number of aromatic nitrogens is 1. The van der Waals surface area contributed by atoms with Crippen LogP contribution in [-0.2, 0) is 16.6 Å². The highest BCUT2D eigenvalue weighted by Gasteiger charge is 2.25. The van der Waals surface area contributed by atoms with E-state index in [0.717, 1.165) is 11.1 Å². The third-order valence-electron chi connectivity index (χ3n) is 2.85. The van der Waals surface area contributed by atoms with Crippen molar-refractivity contribution >= 4 is 27.3 Å². The number of carboxylic acid groups (broad SMARTS) is 1. The summed E-state index contributed by atoms with van der Waals surface area (Å²) in [7, 11) is -3.73. The summed E-state index contributed by atoms with van der Waals surface area (Å²) >= 11 is 1.48. The number of nitrogens with zero attached hydrogens (tertiary/aromatic N) is 2. The van der Waals surface area contributed by atoms with E-state index in [1.54, 1.807) is 6.92 Å². The van der Waals surface area contributed by atoms with Crippen LogP contribution in [0.2, 0.25) is 0 Å². The van der Waals surface area contributed by atoms with Crippen LogP contribution in [0.4, 0.5) is 0 Å². The maximum atomic E-state index is 12.5. The molecule has 0 spiro atoms.